The van der Waals surface area contributed by atoms with Gasteiger partial charge in [-0.1, -0.05) is 12.8 Å². The predicted molar refractivity (Wildman–Crippen MR) is 94.1 cm³/mol. The molecule has 2 aliphatic rings. The van der Waals surface area contributed by atoms with Gasteiger partial charge < -0.3 is 10.0 Å². The minimum Gasteiger partial charge on any atom is -0.480 e. The van der Waals surface area contributed by atoms with Crippen molar-refractivity contribution in [2.24, 2.45) is 5.92 Å². The summed E-state index contributed by atoms with van der Waals surface area (Å²) in [6.45, 7) is 1.91. The average Bonchev–Trinajstić information content (AvgIpc) is 3.28. The first kappa shape index (κ1) is 16.8. The van der Waals surface area contributed by atoms with E-state index in [0.29, 0.717) is 17.9 Å². The third-order valence-corrected chi connectivity index (χ3v) is 5.72. The van der Waals surface area contributed by atoms with E-state index < -0.39 is 12.0 Å². The number of carbonyl (C=O) groups is 2. The lowest BCUT2D eigenvalue weighted by Crippen LogP contribution is -2.46. The van der Waals surface area contributed by atoms with Crippen molar-refractivity contribution >= 4 is 11.9 Å². The van der Waals surface area contributed by atoms with E-state index in [4.69, 9.17) is 0 Å². The molecule has 2 heterocycles. The number of benzene rings is 1. The summed E-state index contributed by atoms with van der Waals surface area (Å²) in [5, 5.41) is 13.8. The maximum absolute atomic E-state index is 13.2. The van der Waals surface area contributed by atoms with E-state index in [1.54, 1.807) is 22.0 Å². The number of carboxylic acids is 1. The van der Waals surface area contributed by atoms with Crippen LogP contribution in [0.3, 0.4) is 0 Å². The number of rotatable bonds is 3. The molecule has 26 heavy (non-hydrogen) atoms. The second-order valence-corrected chi connectivity index (χ2v) is 7.26. The number of aromatic nitrogens is 3. The second kappa shape index (κ2) is 6.55. The lowest BCUT2D eigenvalue weighted by Gasteiger charge is -2.33. The molecule has 3 unspecified atom stereocenters. The van der Waals surface area contributed by atoms with Gasteiger partial charge in [0, 0.05) is 11.6 Å². The van der Waals surface area contributed by atoms with Gasteiger partial charge in [0.2, 0.25) is 0 Å². The molecule has 0 bridgehead atoms. The highest BCUT2D eigenvalue weighted by Gasteiger charge is 2.47. The molecule has 1 aliphatic carbocycles. The molecule has 3 atom stereocenters. The van der Waals surface area contributed by atoms with E-state index in [9.17, 15) is 14.7 Å². The number of carbonyl (C=O) groups excluding carboxylic acids is 1. The van der Waals surface area contributed by atoms with Crippen LogP contribution in [0.2, 0.25) is 0 Å². The zero-order valence-electron chi connectivity index (χ0n) is 14.7. The minimum absolute atomic E-state index is 0.0487. The van der Waals surface area contributed by atoms with Crippen molar-refractivity contribution in [1.82, 2.24) is 19.7 Å². The Balaban J connectivity index is 1.65. The number of carboxylic acid groups (broad SMARTS) is 1. The summed E-state index contributed by atoms with van der Waals surface area (Å²) in [5.74, 6) is -0.770. The van der Waals surface area contributed by atoms with Crippen molar-refractivity contribution in [2.75, 3.05) is 0 Å². The number of likely N-dealkylation sites (tertiary alicyclic amines) is 1. The fourth-order valence-electron chi connectivity index (χ4n) is 4.50. The van der Waals surface area contributed by atoms with Crippen molar-refractivity contribution in [2.45, 2.75) is 51.1 Å². The molecule has 4 rings (SSSR count). The number of fused-ring (bicyclic) bond motifs is 1. The molecule has 0 radical (unpaired) electrons. The minimum atomic E-state index is -0.899. The molecule has 1 saturated heterocycles. The standard InChI is InChI=1S/C19H22N4O3/c1-12-8-14(6-7-15(12)22-11-20-10-21-22)18(24)23-16-5-3-2-4-13(16)9-17(23)19(25)26/h6-8,10-11,13,16-17H,2-5,9H2,1H3,(H,25,26). The van der Waals surface area contributed by atoms with Crippen LogP contribution in [0.15, 0.2) is 30.9 Å². The molecule has 1 aromatic carbocycles. The molecule has 136 valence electrons. The Labute approximate surface area is 151 Å². The van der Waals surface area contributed by atoms with Crippen LogP contribution in [0.4, 0.5) is 0 Å². The van der Waals surface area contributed by atoms with Gasteiger partial charge in [0.15, 0.2) is 0 Å². The van der Waals surface area contributed by atoms with E-state index >= 15 is 0 Å². The van der Waals surface area contributed by atoms with Gasteiger partial charge in [-0.3, -0.25) is 4.79 Å². The smallest absolute Gasteiger partial charge is 0.326 e. The molecule has 1 amide bonds. The van der Waals surface area contributed by atoms with Crippen LogP contribution < -0.4 is 0 Å². The highest BCUT2D eigenvalue weighted by Crippen LogP contribution is 2.40. The molecule has 1 aliphatic heterocycles. The molecular weight excluding hydrogens is 332 g/mol. The maximum atomic E-state index is 13.2. The first-order valence-corrected chi connectivity index (χ1v) is 9.07. The first-order chi connectivity index (χ1) is 12.6. The number of amides is 1. The van der Waals surface area contributed by atoms with E-state index in [1.807, 2.05) is 19.1 Å². The van der Waals surface area contributed by atoms with Gasteiger partial charge in [-0.2, -0.15) is 5.10 Å². The van der Waals surface area contributed by atoms with Gasteiger partial charge in [-0.25, -0.2) is 14.5 Å². The van der Waals surface area contributed by atoms with Crippen LogP contribution in [0.5, 0.6) is 0 Å². The van der Waals surface area contributed by atoms with Crippen LogP contribution in [0.25, 0.3) is 5.69 Å². The Kier molecular flexibility index (Phi) is 4.22. The Hall–Kier alpha value is -2.70. The third-order valence-electron chi connectivity index (χ3n) is 5.72. The summed E-state index contributed by atoms with van der Waals surface area (Å²) in [7, 11) is 0. The zero-order chi connectivity index (χ0) is 18.3. The lowest BCUT2D eigenvalue weighted by molar-refractivity contribution is -0.141. The topological polar surface area (TPSA) is 88.3 Å². The third kappa shape index (κ3) is 2.77. The number of nitrogens with zero attached hydrogens (tertiary/aromatic N) is 4. The van der Waals surface area contributed by atoms with E-state index in [2.05, 4.69) is 10.1 Å². The van der Waals surface area contributed by atoms with Crippen LogP contribution in [-0.2, 0) is 4.79 Å². The molecule has 1 N–H and O–H groups in total. The van der Waals surface area contributed by atoms with Crippen molar-refractivity contribution in [3.63, 3.8) is 0 Å². The Bertz CT molecular complexity index is 833. The Morgan fingerprint density at radius 2 is 2.04 bits per heavy atom. The average molecular weight is 354 g/mol. The Morgan fingerprint density at radius 3 is 2.73 bits per heavy atom. The largest absolute Gasteiger partial charge is 0.480 e. The summed E-state index contributed by atoms with van der Waals surface area (Å²) < 4.78 is 1.65. The molecular formula is C19H22N4O3. The molecule has 2 aromatic rings. The molecule has 7 nitrogen and oxygen atoms in total. The van der Waals surface area contributed by atoms with Crippen LogP contribution in [-0.4, -0.2) is 48.7 Å². The molecule has 1 aromatic heterocycles. The summed E-state index contributed by atoms with van der Waals surface area (Å²) >= 11 is 0. The fraction of sp³-hybridized carbons (Fsp3) is 0.474. The number of hydrogen-bond donors (Lipinski definition) is 1. The molecule has 7 heteroatoms. The van der Waals surface area contributed by atoms with Crippen molar-refractivity contribution in [3.05, 3.63) is 42.0 Å². The number of aliphatic carboxylic acids is 1. The first-order valence-electron chi connectivity index (χ1n) is 9.07. The molecule has 2 fully saturated rings. The maximum Gasteiger partial charge on any atom is 0.326 e. The van der Waals surface area contributed by atoms with E-state index in [-0.39, 0.29) is 11.9 Å². The van der Waals surface area contributed by atoms with Gasteiger partial charge in [0.1, 0.15) is 18.7 Å². The number of hydrogen-bond acceptors (Lipinski definition) is 4. The van der Waals surface area contributed by atoms with Crippen LogP contribution in [0, 0.1) is 12.8 Å². The fourth-order valence-corrected chi connectivity index (χ4v) is 4.50. The van der Waals surface area contributed by atoms with Gasteiger partial charge in [-0.05, 0) is 55.9 Å². The summed E-state index contributed by atoms with van der Waals surface area (Å²) in [6, 6.07) is 4.73. The molecule has 0 spiro atoms. The van der Waals surface area contributed by atoms with Crippen molar-refractivity contribution < 1.29 is 14.7 Å². The van der Waals surface area contributed by atoms with Crippen molar-refractivity contribution in [3.8, 4) is 5.69 Å². The normalized spacial score (nSPS) is 25.1. The highest BCUT2D eigenvalue weighted by molar-refractivity contribution is 5.97. The van der Waals surface area contributed by atoms with Crippen molar-refractivity contribution in [1.29, 1.82) is 0 Å². The quantitative estimate of drug-likeness (QED) is 0.914. The van der Waals surface area contributed by atoms with Gasteiger partial charge in [-0.15, -0.1) is 0 Å². The van der Waals surface area contributed by atoms with Crippen LogP contribution >= 0.6 is 0 Å². The van der Waals surface area contributed by atoms with Gasteiger partial charge >= 0.3 is 5.97 Å². The Morgan fingerprint density at radius 1 is 1.23 bits per heavy atom. The van der Waals surface area contributed by atoms with Gasteiger partial charge in [0.05, 0.1) is 5.69 Å². The van der Waals surface area contributed by atoms with E-state index in [1.165, 1.54) is 6.33 Å². The summed E-state index contributed by atoms with van der Waals surface area (Å²) in [4.78, 5) is 30.5. The molecule has 1 saturated carbocycles. The van der Waals surface area contributed by atoms with Gasteiger partial charge in [0.25, 0.3) is 5.91 Å². The number of aryl methyl sites for hydroxylation is 1. The monoisotopic (exact) mass is 354 g/mol. The van der Waals surface area contributed by atoms with E-state index in [0.717, 1.165) is 36.9 Å². The van der Waals surface area contributed by atoms with Crippen LogP contribution in [0.1, 0.15) is 48.0 Å². The summed E-state index contributed by atoms with van der Waals surface area (Å²) in [5.41, 5.74) is 2.28. The highest BCUT2D eigenvalue weighted by atomic mass is 16.4. The predicted octanol–water partition coefficient (Wildman–Crippen LogP) is 2.43. The SMILES string of the molecule is Cc1cc(C(=O)N2C(C(=O)O)CC3CCCCC32)ccc1-n1cncn1. The zero-order valence-corrected chi connectivity index (χ0v) is 14.7. The summed E-state index contributed by atoms with van der Waals surface area (Å²) in [6.07, 6.45) is 7.74. The lowest BCUT2D eigenvalue weighted by atomic mass is 9.84. The second-order valence-electron chi connectivity index (χ2n) is 7.26.